The van der Waals surface area contributed by atoms with Crippen LogP contribution in [0.1, 0.15) is 5.56 Å². The summed E-state index contributed by atoms with van der Waals surface area (Å²) >= 11 is 0. The first-order chi connectivity index (χ1) is 41.0. The van der Waals surface area contributed by atoms with Crippen LogP contribution in [0, 0.1) is 0 Å². The van der Waals surface area contributed by atoms with Crippen LogP contribution < -0.4 is 0 Å². The lowest BCUT2D eigenvalue weighted by atomic mass is 10.00. The second-order valence-corrected chi connectivity index (χ2v) is 22.3. The molecule has 9 heteroatoms. The van der Waals surface area contributed by atoms with E-state index >= 15 is 0 Å². The van der Waals surface area contributed by atoms with E-state index in [9.17, 15) is 10.2 Å². The van der Waals surface area contributed by atoms with Gasteiger partial charge >= 0.3 is 0 Å². The molecule has 2 unspecified atom stereocenters. The van der Waals surface area contributed by atoms with E-state index in [1.54, 1.807) is 0 Å². The van der Waals surface area contributed by atoms with Crippen LogP contribution in [-0.2, 0) is 48.6 Å². The molecular formula is C74H63N5O4. The number of aliphatic hydroxyl groups is 2. The topological polar surface area (TPSA) is 83.6 Å². The third kappa shape index (κ3) is 9.14. The van der Waals surface area contributed by atoms with Crippen LogP contribution >= 0.6 is 0 Å². The summed E-state index contributed by atoms with van der Waals surface area (Å²) in [5.74, 6) is 0. The summed E-state index contributed by atoms with van der Waals surface area (Å²) in [7, 11) is 0. The maximum absolute atomic E-state index is 12.5. The van der Waals surface area contributed by atoms with Crippen molar-refractivity contribution >= 4 is 98.1 Å². The van der Waals surface area contributed by atoms with Crippen LogP contribution in [0.25, 0.3) is 109 Å². The average molecular weight is 1090 g/mol. The van der Waals surface area contributed by atoms with E-state index in [2.05, 4.69) is 265 Å². The van der Waals surface area contributed by atoms with Crippen molar-refractivity contribution in [3.8, 4) is 11.3 Å². The van der Waals surface area contributed by atoms with Crippen molar-refractivity contribution in [2.75, 3.05) is 13.2 Å². The van der Waals surface area contributed by atoms with E-state index in [0.717, 1.165) is 71.9 Å². The molecule has 0 radical (unpaired) electrons. The summed E-state index contributed by atoms with van der Waals surface area (Å²) in [4.78, 5) is 0. The first kappa shape index (κ1) is 50.7. The van der Waals surface area contributed by atoms with Crippen molar-refractivity contribution in [3.63, 3.8) is 0 Å². The van der Waals surface area contributed by atoms with E-state index in [4.69, 9.17) is 9.47 Å². The Morgan fingerprint density at radius 3 is 0.831 bits per heavy atom. The Balaban J connectivity index is 0.748. The normalized spacial score (nSPS) is 13.1. The third-order valence-corrected chi connectivity index (χ3v) is 17.3. The average Bonchev–Trinajstić information content (AvgIpc) is 3.89. The van der Waals surface area contributed by atoms with Crippen molar-refractivity contribution in [2.45, 2.75) is 63.6 Å². The maximum atomic E-state index is 12.5. The Kier molecular flexibility index (Phi) is 13.2. The molecule has 0 aliphatic rings. The first-order valence-corrected chi connectivity index (χ1v) is 29.1. The van der Waals surface area contributed by atoms with Gasteiger partial charge in [-0.1, -0.05) is 194 Å². The Morgan fingerprint density at radius 1 is 0.265 bits per heavy atom. The van der Waals surface area contributed by atoms with Crippen molar-refractivity contribution in [1.82, 2.24) is 22.8 Å². The zero-order chi connectivity index (χ0) is 55.4. The van der Waals surface area contributed by atoms with Crippen LogP contribution in [0.4, 0.5) is 0 Å². The van der Waals surface area contributed by atoms with E-state index in [1.165, 1.54) is 43.1 Å². The molecule has 2 N–H and O–H groups in total. The summed E-state index contributed by atoms with van der Waals surface area (Å²) in [6, 6.07) is 87.7. The molecule has 0 bridgehead atoms. The number of rotatable bonds is 19. The quantitative estimate of drug-likeness (QED) is 0.0845. The first-order valence-electron chi connectivity index (χ1n) is 29.1. The zero-order valence-electron chi connectivity index (χ0n) is 46.1. The second-order valence-electron chi connectivity index (χ2n) is 22.3. The van der Waals surface area contributed by atoms with Crippen LogP contribution in [0.2, 0.25) is 0 Å². The fraction of sp³-hybridized carbons (Fsp3) is 0.162. The number of benzene rings is 10. The molecule has 5 aromatic heterocycles. The molecule has 408 valence electrons. The molecule has 2 atom stereocenters. The highest BCUT2D eigenvalue weighted by molar-refractivity contribution is 6.11. The second kappa shape index (κ2) is 21.6. The van der Waals surface area contributed by atoms with Crippen LogP contribution in [0.15, 0.2) is 249 Å². The molecule has 0 amide bonds. The minimum Gasteiger partial charge on any atom is -0.390 e. The van der Waals surface area contributed by atoms with Crippen molar-refractivity contribution in [3.05, 3.63) is 254 Å². The predicted molar refractivity (Wildman–Crippen MR) is 340 cm³/mol. The molecule has 0 aliphatic heterocycles. The van der Waals surface area contributed by atoms with Gasteiger partial charge in [0.05, 0.1) is 76.0 Å². The fourth-order valence-corrected chi connectivity index (χ4v) is 13.7. The van der Waals surface area contributed by atoms with Gasteiger partial charge in [-0.15, -0.1) is 0 Å². The van der Waals surface area contributed by atoms with Gasteiger partial charge in [-0.2, -0.15) is 0 Å². The monoisotopic (exact) mass is 1090 g/mol. The minimum atomic E-state index is -0.879. The number of ether oxygens (including phenoxy) is 2. The summed E-state index contributed by atoms with van der Waals surface area (Å²) in [5, 5.41) is 35.7. The lowest BCUT2D eigenvalue weighted by Crippen LogP contribution is -2.31. The van der Waals surface area contributed by atoms with Crippen LogP contribution in [0.5, 0.6) is 0 Å². The van der Waals surface area contributed by atoms with Crippen molar-refractivity contribution < 1.29 is 19.7 Å². The van der Waals surface area contributed by atoms with Crippen molar-refractivity contribution in [1.29, 1.82) is 0 Å². The molecule has 0 aliphatic carbocycles. The van der Waals surface area contributed by atoms with Gasteiger partial charge in [-0.25, -0.2) is 0 Å². The number of aromatic nitrogens is 5. The van der Waals surface area contributed by atoms with Gasteiger partial charge in [0, 0.05) is 105 Å². The minimum absolute atomic E-state index is 0.102. The standard InChI is InChI=1S/C74H63N5O4/c80-51(48-82-53(44-75-65-33-13-4-24-55(65)56-25-5-14-34-66(56)75)45-76-67-35-15-6-26-57(67)58-27-7-16-36-68(58)76)42-64-63-32-12-21-41-73(63)79(74(64)50-22-2-1-3-23-50)43-52(81)49-83-54(46-77-69-37-17-8-28-59(69)60-29-9-18-38-70(60)77)47-78-71-39-19-10-30-61(71)62-31-11-20-40-72(62)78/h1-41,51-54,80-81H,42-49H2. The number of fused-ring (bicyclic) bond motifs is 13. The van der Waals surface area contributed by atoms with E-state index < -0.39 is 12.2 Å². The Bertz CT molecular complexity index is 4120. The lowest BCUT2D eigenvalue weighted by Gasteiger charge is -2.24. The molecule has 5 heterocycles. The molecule has 0 fully saturated rings. The zero-order valence-corrected chi connectivity index (χ0v) is 46.1. The summed E-state index contributed by atoms with van der Waals surface area (Å²) in [6.45, 7) is 2.79. The Morgan fingerprint density at radius 2 is 0.518 bits per heavy atom. The summed E-state index contributed by atoms with van der Waals surface area (Å²) in [6.07, 6.45) is -2.04. The van der Waals surface area contributed by atoms with Crippen molar-refractivity contribution in [2.24, 2.45) is 0 Å². The molecule has 9 nitrogen and oxygen atoms in total. The third-order valence-electron chi connectivity index (χ3n) is 17.3. The molecule has 0 saturated carbocycles. The Labute approximate surface area is 480 Å². The van der Waals surface area contributed by atoms with Crippen LogP contribution in [0.3, 0.4) is 0 Å². The number of para-hydroxylation sites is 9. The molecule has 15 rings (SSSR count). The van der Waals surface area contributed by atoms with E-state index in [-0.39, 0.29) is 32.0 Å². The lowest BCUT2D eigenvalue weighted by molar-refractivity contribution is -0.0257. The van der Waals surface area contributed by atoms with E-state index in [0.29, 0.717) is 32.6 Å². The maximum Gasteiger partial charge on any atom is 0.0952 e. The summed E-state index contributed by atoms with van der Waals surface area (Å²) in [5.41, 5.74) is 13.2. The number of hydrogen-bond acceptors (Lipinski definition) is 4. The number of hydrogen-bond donors (Lipinski definition) is 2. The highest BCUT2D eigenvalue weighted by Gasteiger charge is 2.27. The molecule has 0 saturated heterocycles. The number of aliphatic hydroxyl groups excluding tert-OH is 2. The van der Waals surface area contributed by atoms with Gasteiger partial charge < -0.3 is 42.5 Å². The van der Waals surface area contributed by atoms with Gasteiger partial charge in [0.2, 0.25) is 0 Å². The predicted octanol–water partition coefficient (Wildman–Crippen LogP) is 15.6. The largest absolute Gasteiger partial charge is 0.390 e. The van der Waals surface area contributed by atoms with Crippen LogP contribution in [-0.4, -0.2) is 70.7 Å². The molecule has 10 aromatic carbocycles. The highest BCUT2D eigenvalue weighted by Crippen LogP contribution is 2.38. The fourth-order valence-electron chi connectivity index (χ4n) is 13.7. The van der Waals surface area contributed by atoms with E-state index in [1.807, 2.05) is 6.07 Å². The molecule has 83 heavy (non-hydrogen) atoms. The van der Waals surface area contributed by atoms with Gasteiger partial charge in [-0.3, -0.25) is 0 Å². The molecule has 0 spiro atoms. The Hall–Kier alpha value is -9.22. The summed E-state index contributed by atoms with van der Waals surface area (Å²) < 4.78 is 26.0. The SMILES string of the molecule is OC(COC(Cn1c2ccccc2c2ccccc21)Cn1c2ccccc2c2ccccc21)Cc1c(-c2ccccc2)n(CC(O)COC(Cn2c3ccccc3c3ccccc32)Cn2c3ccccc3c3ccccc32)c2ccccc12. The number of nitrogens with zero attached hydrogens (tertiary/aromatic N) is 5. The highest BCUT2D eigenvalue weighted by atomic mass is 16.5. The van der Waals surface area contributed by atoms with Gasteiger partial charge in [0.15, 0.2) is 0 Å². The molecule has 15 aromatic rings. The van der Waals surface area contributed by atoms with Gasteiger partial charge in [0.1, 0.15) is 0 Å². The smallest absolute Gasteiger partial charge is 0.0952 e. The molecular weight excluding hydrogens is 1020 g/mol. The van der Waals surface area contributed by atoms with Gasteiger partial charge in [-0.05, 0) is 65.7 Å². The van der Waals surface area contributed by atoms with Gasteiger partial charge in [0.25, 0.3) is 0 Å².